The third kappa shape index (κ3) is 5.75. The van der Waals surface area contributed by atoms with Crippen LogP contribution in [0.3, 0.4) is 0 Å². The molecular formula is C26H31ClN4O2. The van der Waals surface area contributed by atoms with Crippen molar-refractivity contribution in [2.75, 3.05) is 26.7 Å². The fourth-order valence-corrected chi connectivity index (χ4v) is 4.44. The predicted molar refractivity (Wildman–Crippen MR) is 132 cm³/mol. The third-order valence-electron chi connectivity index (χ3n) is 6.23. The Balaban J connectivity index is 1.51. The monoisotopic (exact) mass is 466 g/mol. The Kier molecular flexibility index (Phi) is 7.68. The molecule has 0 saturated carbocycles. The van der Waals surface area contributed by atoms with E-state index in [1.54, 1.807) is 23.9 Å². The van der Waals surface area contributed by atoms with Crippen LogP contribution < -0.4 is 10.1 Å². The molecule has 2 heterocycles. The number of nitrogens with zero attached hydrogens (tertiary/aromatic N) is 3. The molecule has 2 aromatic carbocycles. The van der Waals surface area contributed by atoms with E-state index in [1.807, 2.05) is 42.5 Å². The van der Waals surface area contributed by atoms with Crippen LogP contribution >= 0.6 is 11.6 Å². The summed E-state index contributed by atoms with van der Waals surface area (Å²) in [6.07, 6.45) is 4.77. The van der Waals surface area contributed by atoms with Crippen molar-refractivity contribution in [1.82, 2.24) is 20.0 Å². The van der Waals surface area contributed by atoms with E-state index in [9.17, 15) is 4.79 Å². The summed E-state index contributed by atoms with van der Waals surface area (Å²) in [6.45, 7) is 5.08. The van der Waals surface area contributed by atoms with Crippen LogP contribution in [0.4, 0.5) is 0 Å². The van der Waals surface area contributed by atoms with Crippen LogP contribution in [0, 0.1) is 0 Å². The van der Waals surface area contributed by atoms with E-state index < -0.39 is 0 Å². The maximum Gasteiger partial charge on any atom is 0.270 e. The highest BCUT2D eigenvalue weighted by Crippen LogP contribution is 2.26. The molecule has 1 fully saturated rings. The number of hydrogen-bond donors (Lipinski definition) is 1. The Labute approximate surface area is 200 Å². The number of benzene rings is 2. The molecule has 1 aliphatic rings. The second-order valence-electron chi connectivity index (χ2n) is 8.53. The van der Waals surface area contributed by atoms with E-state index in [0.717, 1.165) is 36.5 Å². The molecule has 3 aromatic rings. The van der Waals surface area contributed by atoms with Crippen LogP contribution in [0.25, 0.3) is 16.9 Å². The van der Waals surface area contributed by atoms with Gasteiger partial charge in [-0.2, -0.15) is 5.10 Å². The minimum absolute atomic E-state index is 0.140. The summed E-state index contributed by atoms with van der Waals surface area (Å²) in [5.74, 6) is 0.602. The van der Waals surface area contributed by atoms with Crippen molar-refractivity contribution in [1.29, 1.82) is 0 Å². The van der Waals surface area contributed by atoms with E-state index >= 15 is 0 Å². The predicted octanol–water partition coefficient (Wildman–Crippen LogP) is 5.20. The van der Waals surface area contributed by atoms with Crippen molar-refractivity contribution in [3.05, 3.63) is 65.3 Å². The normalized spacial score (nSPS) is 16.5. The standard InChI is InChI=1S/C26H31ClN4O2/c1-19-7-3-4-15-30(19)16-6-14-28-26(32)25-18-24(20-8-5-9-23(17-20)33-2)29-31(25)22-12-10-21(27)11-13-22/h5,8-13,17-19H,3-4,6-7,14-16H2,1-2H3,(H,28,32). The molecular weight excluding hydrogens is 436 g/mol. The number of methoxy groups -OCH3 is 1. The lowest BCUT2D eigenvalue weighted by molar-refractivity contribution is 0.0941. The quantitative estimate of drug-likeness (QED) is 0.464. The van der Waals surface area contributed by atoms with Crippen molar-refractivity contribution < 1.29 is 9.53 Å². The van der Waals surface area contributed by atoms with E-state index in [4.69, 9.17) is 21.4 Å². The molecule has 1 aromatic heterocycles. The topological polar surface area (TPSA) is 59.4 Å². The average Bonchev–Trinajstić information content (AvgIpc) is 3.29. The van der Waals surface area contributed by atoms with Gasteiger partial charge in [0.05, 0.1) is 18.5 Å². The van der Waals surface area contributed by atoms with Gasteiger partial charge >= 0.3 is 0 Å². The number of carbonyl (C=O) groups excluding carboxylic acids is 1. The zero-order valence-electron chi connectivity index (χ0n) is 19.3. The Morgan fingerprint density at radius 2 is 2.00 bits per heavy atom. The highest BCUT2D eigenvalue weighted by molar-refractivity contribution is 6.30. The molecule has 1 N–H and O–H groups in total. The van der Waals surface area contributed by atoms with Crippen LogP contribution in [0.2, 0.25) is 5.02 Å². The minimum atomic E-state index is -0.140. The Morgan fingerprint density at radius 3 is 2.76 bits per heavy atom. The van der Waals surface area contributed by atoms with Crippen molar-refractivity contribution in [3.63, 3.8) is 0 Å². The third-order valence-corrected chi connectivity index (χ3v) is 6.48. The Hall–Kier alpha value is -2.83. The van der Waals surface area contributed by atoms with Crippen LogP contribution in [0.15, 0.2) is 54.6 Å². The van der Waals surface area contributed by atoms with E-state index in [0.29, 0.717) is 29.0 Å². The number of ether oxygens (including phenoxy) is 1. The molecule has 0 spiro atoms. The highest BCUT2D eigenvalue weighted by Gasteiger charge is 2.19. The van der Waals surface area contributed by atoms with Gasteiger partial charge in [-0.1, -0.05) is 30.2 Å². The first-order valence-electron chi connectivity index (χ1n) is 11.6. The van der Waals surface area contributed by atoms with Crippen molar-refractivity contribution in [2.45, 2.75) is 38.6 Å². The lowest BCUT2D eigenvalue weighted by atomic mass is 10.0. The molecule has 0 radical (unpaired) electrons. The second-order valence-corrected chi connectivity index (χ2v) is 8.96. The number of hydrogen-bond acceptors (Lipinski definition) is 4. The molecule has 4 rings (SSSR count). The summed E-state index contributed by atoms with van der Waals surface area (Å²) in [5.41, 5.74) is 2.86. The molecule has 174 valence electrons. The molecule has 6 nitrogen and oxygen atoms in total. The number of amides is 1. The average molecular weight is 467 g/mol. The van der Waals surface area contributed by atoms with Gasteiger partial charge in [0.15, 0.2) is 0 Å². The number of rotatable bonds is 8. The number of likely N-dealkylation sites (tertiary alicyclic amines) is 1. The van der Waals surface area contributed by atoms with E-state index in [-0.39, 0.29) is 5.91 Å². The van der Waals surface area contributed by atoms with Crippen LogP contribution in [0.5, 0.6) is 5.75 Å². The minimum Gasteiger partial charge on any atom is -0.497 e. The zero-order chi connectivity index (χ0) is 23.2. The van der Waals surface area contributed by atoms with Gasteiger partial charge in [0, 0.05) is 29.7 Å². The summed E-state index contributed by atoms with van der Waals surface area (Å²) < 4.78 is 7.02. The molecule has 1 amide bonds. The van der Waals surface area contributed by atoms with Gasteiger partial charge in [-0.3, -0.25) is 4.79 Å². The number of carbonyl (C=O) groups is 1. The Morgan fingerprint density at radius 1 is 1.18 bits per heavy atom. The second kappa shape index (κ2) is 10.9. The molecule has 1 saturated heterocycles. The summed E-state index contributed by atoms with van der Waals surface area (Å²) >= 11 is 6.07. The number of halogens is 1. The van der Waals surface area contributed by atoms with Gasteiger partial charge in [-0.05, 0) is 75.2 Å². The van der Waals surface area contributed by atoms with Crippen LogP contribution in [0.1, 0.15) is 43.1 Å². The molecule has 1 atom stereocenters. The van der Waals surface area contributed by atoms with E-state index in [2.05, 4.69) is 17.1 Å². The lowest BCUT2D eigenvalue weighted by Gasteiger charge is -2.33. The number of nitrogens with one attached hydrogen (secondary N) is 1. The zero-order valence-corrected chi connectivity index (χ0v) is 20.0. The first-order chi connectivity index (χ1) is 16.0. The summed E-state index contributed by atoms with van der Waals surface area (Å²) in [5, 5.41) is 8.46. The van der Waals surface area contributed by atoms with Crippen LogP contribution in [-0.2, 0) is 0 Å². The summed E-state index contributed by atoms with van der Waals surface area (Å²) in [7, 11) is 1.63. The first kappa shape index (κ1) is 23.3. The summed E-state index contributed by atoms with van der Waals surface area (Å²) in [6, 6.07) is 17.4. The molecule has 0 bridgehead atoms. The fourth-order valence-electron chi connectivity index (χ4n) is 4.31. The van der Waals surface area contributed by atoms with Gasteiger partial charge in [0.25, 0.3) is 5.91 Å². The van der Waals surface area contributed by atoms with Crippen LogP contribution in [-0.4, -0.2) is 53.4 Å². The van der Waals surface area contributed by atoms with Gasteiger partial charge in [0.1, 0.15) is 11.4 Å². The molecule has 1 aliphatic heterocycles. The first-order valence-corrected chi connectivity index (χ1v) is 12.0. The Bertz CT molecular complexity index is 1080. The van der Waals surface area contributed by atoms with Gasteiger partial charge in [0.2, 0.25) is 0 Å². The van der Waals surface area contributed by atoms with Gasteiger partial charge < -0.3 is 15.0 Å². The van der Waals surface area contributed by atoms with Gasteiger partial charge in [-0.15, -0.1) is 0 Å². The van der Waals surface area contributed by atoms with Crippen molar-refractivity contribution in [2.24, 2.45) is 0 Å². The maximum absolute atomic E-state index is 13.2. The lowest BCUT2D eigenvalue weighted by Crippen LogP contribution is -2.39. The van der Waals surface area contributed by atoms with E-state index in [1.165, 1.54) is 19.3 Å². The maximum atomic E-state index is 13.2. The SMILES string of the molecule is COc1cccc(-c2cc(C(=O)NCCCN3CCCCC3C)n(-c3ccc(Cl)cc3)n2)c1. The molecule has 33 heavy (non-hydrogen) atoms. The fraction of sp³-hybridized carbons (Fsp3) is 0.385. The molecule has 0 aliphatic carbocycles. The molecule has 7 heteroatoms. The number of piperidine rings is 1. The van der Waals surface area contributed by atoms with Gasteiger partial charge in [-0.25, -0.2) is 4.68 Å². The highest BCUT2D eigenvalue weighted by atomic mass is 35.5. The van der Waals surface area contributed by atoms with Crippen molar-refractivity contribution in [3.8, 4) is 22.7 Å². The smallest absolute Gasteiger partial charge is 0.270 e. The summed E-state index contributed by atoms with van der Waals surface area (Å²) in [4.78, 5) is 15.7. The molecule has 1 unspecified atom stereocenters. The number of aromatic nitrogens is 2. The largest absolute Gasteiger partial charge is 0.497 e. The van der Waals surface area contributed by atoms with Crippen molar-refractivity contribution >= 4 is 17.5 Å².